The van der Waals surface area contributed by atoms with Crippen molar-refractivity contribution in [3.63, 3.8) is 0 Å². The molecule has 2 heterocycles. The van der Waals surface area contributed by atoms with Gasteiger partial charge in [-0.2, -0.15) is 4.98 Å². The molecule has 1 aliphatic heterocycles. The fraction of sp³-hybridized carbons (Fsp3) is 0.467. The van der Waals surface area contributed by atoms with Crippen LogP contribution in [0.4, 0.5) is 0 Å². The lowest BCUT2D eigenvalue weighted by Gasteiger charge is -2.35. The van der Waals surface area contributed by atoms with Gasteiger partial charge in [0.1, 0.15) is 5.75 Å². The molecule has 1 aliphatic rings. The minimum atomic E-state index is -3.18. The van der Waals surface area contributed by atoms with Crippen LogP contribution in [0.3, 0.4) is 0 Å². The number of hydrogen-bond donors (Lipinski definition) is 1. The van der Waals surface area contributed by atoms with Crippen molar-refractivity contribution in [2.45, 2.75) is 18.3 Å². The smallest absolute Gasteiger partial charge is 0.240 e. The number of rotatable bonds is 5. The van der Waals surface area contributed by atoms with Gasteiger partial charge in [-0.1, -0.05) is 35.0 Å². The molecular weight excluding hydrogens is 387 g/mol. The van der Waals surface area contributed by atoms with Crippen LogP contribution in [-0.4, -0.2) is 49.3 Å². The zero-order valence-corrected chi connectivity index (χ0v) is 16.1. The molecular formula is C15H20Cl2N4O3S. The lowest BCUT2D eigenvalue weighted by molar-refractivity contribution is 0.135. The van der Waals surface area contributed by atoms with Crippen LogP contribution in [0.2, 0.25) is 5.02 Å². The molecule has 0 spiro atoms. The molecule has 2 aromatic rings. The maximum Gasteiger partial charge on any atom is 0.240 e. The van der Waals surface area contributed by atoms with Gasteiger partial charge in [-0.15, -0.1) is 12.4 Å². The van der Waals surface area contributed by atoms with Crippen molar-refractivity contribution in [3.8, 4) is 0 Å². The highest BCUT2D eigenvalue weighted by Gasteiger charge is 2.27. The third-order valence-electron chi connectivity index (χ3n) is 3.86. The quantitative estimate of drug-likeness (QED) is 0.809. The monoisotopic (exact) mass is 406 g/mol. The Hall–Kier alpha value is -1.19. The molecule has 10 heteroatoms. The van der Waals surface area contributed by atoms with E-state index >= 15 is 0 Å². The molecule has 1 atom stereocenters. The second-order valence-electron chi connectivity index (χ2n) is 5.89. The molecule has 1 unspecified atom stereocenters. The van der Waals surface area contributed by atoms with E-state index in [-0.39, 0.29) is 30.0 Å². The van der Waals surface area contributed by atoms with Crippen LogP contribution in [0.5, 0.6) is 0 Å². The Labute approximate surface area is 158 Å². The zero-order chi connectivity index (χ0) is 17.2. The van der Waals surface area contributed by atoms with Crippen molar-refractivity contribution in [2.24, 2.45) is 0 Å². The van der Waals surface area contributed by atoms with E-state index in [4.69, 9.17) is 16.1 Å². The molecule has 1 aromatic heterocycles. The fourth-order valence-electron chi connectivity index (χ4n) is 2.81. The first kappa shape index (κ1) is 20.1. The first-order valence-electron chi connectivity index (χ1n) is 7.61. The topological polar surface area (TPSA) is 88.3 Å². The second kappa shape index (κ2) is 8.46. The van der Waals surface area contributed by atoms with Gasteiger partial charge in [0.2, 0.25) is 5.89 Å². The van der Waals surface area contributed by atoms with Crippen molar-refractivity contribution in [2.75, 3.05) is 25.9 Å². The molecule has 25 heavy (non-hydrogen) atoms. The van der Waals surface area contributed by atoms with E-state index in [2.05, 4.69) is 20.4 Å². The van der Waals surface area contributed by atoms with Gasteiger partial charge < -0.3 is 9.84 Å². The van der Waals surface area contributed by atoms with E-state index < -0.39 is 9.84 Å². The fourth-order valence-corrected chi connectivity index (χ4v) is 3.66. The lowest BCUT2D eigenvalue weighted by Crippen LogP contribution is -2.45. The van der Waals surface area contributed by atoms with Crippen LogP contribution in [0.15, 0.2) is 28.8 Å². The van der Waals surface area contributed by atoms with Gasteiger partial charge >= 0.3 is 0 Å². The van der Waals surface area contributed by atoms with E-state index in [9.17, 15) is 8.42 Å². The average Bonchev–Trinajstić information content (AvgIpc) is 2.93. The highest BCUT2D eigenvalue weighted by molar-refractivity contribution is 7.89. The molecule has 0 bridgehead atoms. The second-order valence-corrected chi connectivity index (χ2v) is 8.43. The summed E-state index contributed by atoms with van der Waals surface area (Å²) in [5, 5.41) is 7.84. The average molecular weight is 407 g/mol. The molecule has 138 valence electrons. The van der Waals surface area contributed by atoms with Crippen LogP contribution >= 0.6 is 24.0 Å². The number of nitrogens with one attached hydrogen (secondary N) is 1. The summed E-state index contributed by atoms with van der Waals surface area (Å²) in [7, 11) is -3.18. The van der Waals surface area contributed by atoms with Gasteiger partial charge in [-0.3, -0.25) is 4.90 Å². The summed E-state index contributed by atoms with van der Waals surface area (Å²) in [6, 6.07) is 7.85. The van der Waals surface area contributed by atoms with Crippen molar-refractivity contribution in [1.82, 2.24) is 20.4 Å². The predicted molar refractivity (Wildman–Crippen MR) is 97.6 cm³/mol. The molecule has 0 saturated carbocycles. The van der Waals surface area contributed by atoms with Gasteiger partial charge in [0, 0.05) is 37.0 Å². The normalized spacial score (nSPS) is 18.7. The molecule has 1 N–H and O–H groups in total. The highest BCUT2D eigenvalue weighted by Crippen LogP contribution is 2.29. The van der Waals surface area contributed by atoms with Gasteiger partial charge in [-0.25, -0.2) is 8.42 Å². The van der Waals surface area contributed by atoms with Crippen molar-refractivity contribution >= 4 is 33.8 Å². The zero-order valence-electron chi connectivity index (χ0n) is 13.7. The van der Waals surface area contributed by atoms with E-state index in [0.29, 0.717) is 12.4 Å². The Bertz CT molecular complexity index is 813. The lowest BCUT2D eigenvalue weighted by atomic mass is 10.0. The van der Waals surface area contributed by atoms with Crippen LogP contribution in [-0.2, 0) is 22.1 Å². The van der Waals surface area contributed by atoms with Gasteiger partial charge in [-0.05, 0) is 11.6 Å². The van der Waals surface area contributed by atoms with E-state index in [0.717, 1.165) is 36.5 Å². The molecule has 1 aromatic carbocycles. The standard InChI is InChI=1S/C15H19ClN4O3S.ClH/c1-24(21,22)10-14-18-15(23-19-14)9-20-7-6-17-8-13(20)11-4-2-3-5-12(11)16;/h2-5,13,17H,6-10H2,1H3;1H. The summed E-state index contributed by atoms with van der Waals surface area (Å²) in [5.41, 5.74) is 1.04. The largest absolute Gasteiger partial charge is 0.338 e. The summed E-state index contributed by atoms with van der Waals surface area (Å²) in [4.78, 5) is 6.39. The Morgan fingerprint density at radius 3 is 2.88 bits per heavy atom. The maximum absolute atomic E-state index is 11.3. The first-order valence-corrected chi connectivity index (χ1v) is 10.0. The van der Waals surface area contributed by atoms with Crippen LogP contribution in [0, 0.1) is 0 Å². The Morgan fingerprint density at radius 2 is 2.16 bits per heavy atom. The molecule has 0 aliphatic carbocycles. The molecule has 7 nitrogen and oxygen atoms in total. The van der Waals surface area contributed by atoms with Gasteiger partial charge in [0.15, 0.2) is 15.7 Å². The summed E-state index contributed by atoms with van der Waals surface area (Å²) >= 11 is 6.33. The van der Waals surface area contributed by atoms with Gasteiger partial charge in [0.05, 0.1) is 6.54 Å². The molecule has 1 saturated heterocycles. The van der Waals surface area contributed by atoms with Crippen molar-refractivity contribution < 1.29 is 12.9 Å². The number of piperazine rings is 1. The maximum atomic E-state index is 11.3. The number of halogens is 2. The molecule has 0 amide bonds. The number of sulfone groups is 1. The predicted octanol–water partition coefficient (Wildman–Crippen LogP) is 1.84. The Kier molecular flexibility index (Phi) is 6.81. The minimum Gasteiger partial charge on any atom is -0.338 e. The third kappa shape index (κ3) is 5.39. The van der Waals surface area contributed by atoms with E-state index in [1.807, 2.05) is 24.3 Å². The van der Waals surface area contributed by atoms with Crippen LogP contribution in [0.1, 0.15) is 23.3 Å². The first-order chi connectivity index (χ1) is 11.4. The highest BCUT2D eigenvalue weighted by atomic mass is 35.5. The summed E-state index contributed by atoms with van der Waals surface area (Å²) in [5.74, 6) is 0.385. The molecule has 3 rings (SSSR count). The SMILES string of the molecule is CS(=O)(=O)Cc1noc(CN2CCNCC2c2ccccc2Cl)n1.Cl. The number of nitrogens with zero attached hydrogens (tertiary/aromatic N) is 3. The summed E-state index contributed by atoms with van der Waals surface area (Å²) < 4.78 is 27.8. The number of benzene rings is 1. The van der Waals surface area contributed by atoms with E-state index in [1.54, 1.807) is 0 Å². The summed E-state index contributed by atoms with van der Waals surface area (Å²) in [6.07, 6.45) is 1.15. The Morgan fingerprint density at radius 1 is 1.40 bits per heavy atom. The number of aromatic nitrogens is 2. The van der Waals surface area contributed by atoms with Crippen molar-refractivity contribution in [1.29, 1.82) is 0 Å². The summed E-state index contributed by atoms with van der Waals surface area (Å²) in [6.45, 7) is 2.88. The minimum absolute atomic E-state index is 0. The Balaban J connectivity index is 0.00000225. The molecule has 1 fully saturated rings. The number of hydrogen-bond acceptors (Lipinski definition) is 7. The van der Waals surface area contributed by atoms with Crippen LogP contribution < -0.4 is 5.32 Å². The van der Waals surface area contributed by atoms with Gasteiger partial charge in [0.25, 0.3) is 0 Å². The van der Waals surface area contributed by atoms with Crippen molar-refractivity contribution in [3.05, 3.63) is 46.6 Å². The van der Waals surface area contributed by atoms with Crippen LogP contribution in [0.25, 0.3) is 0 Å². The molecule has 0 radical (unpaired) electrons. The van der Waals surface area contributed by atoms with E-state index in [1.165, 1.54) is 0 Å². The third-order valence-corrected chi connectivity index (χ3v) is 4.99.